The largest absolute Gasteiger partial charge is 0.481 e. The average molecular weight is 211 g/mol. The average Bonchev–Trinajstić information content (AvgIpc) is 2.17. The van der Waals surface area contributed by atoms with Crippen LogP contribution in [0.25, 0.3) is 0 Å². The maximum absolute atomic E-state index is 11.4. The van der Waals surface area contributed by atoms with Crippen molar-refractivity contribution in [3.05, 3.63) is 0 Å². The molecule has 1 saturated heterocycles. The highest BCUT2D eigenvalue weighted by Crippen LogP contribution is 2.38. The van der Waals surface area contributed by atoms with Gasteiger partial charge in [0, 0.05) is 19.6 Å². The van der Waals surface area contributed by atoms with E-state index in [1.165, 1.54) is 6.42 Å². The third kappa shape index (κ3) is 2.17. The van der Waals surface area contributed by atoms with Crippen molar-refractivity contribution >= 4 is 5.97 Å². The summed E-state index contributed by atoms with van der Waals surface area (Å²) in [5.74, 6) is 0.196. The van der Waals surface area contributed by atoms with Crippen molar-refractivity contribution < 1.29 is 9.90 Å². The molecule has 86 valence electrons. The molecule has 0 aromatic carbocycles. The molecule has 2 aliphatic rings. The molecule has 3 nitrogen and oxygen atoms in total. The molecule has 1 aliphatic carbocycles. The number of nitrogens with zero attached hydrogens (tertiary/aromatic N) is 1. The van der Waals surface area contributed by atoms with Gasteiger partial charge in [0.2, 0.25) is 0 Å². The van der Waals surface area contributed by atoms with Crippen LogP contribution in [-0.2, 0) is 4.79 Å². The van der Waals surface area contributed by atoms with Crippen molar-refractivity contribution in [1.82, 2.24) is 4.90 Å². The molecule has 0 spiro atoms. The van der Waals surface area contributed by atoms with E-state index < -0.39 is 11.4 Å². The number of hydrogen-bond donors (Lipinski definition) is 1. The third-order valence-electron chi connectivity index (χ3n) is 3.93. The Morgan fingerprint density at radius 3 is 2.40 bits per heavy atom. The number of carboxylic acid groups (broad SMARTS) is 1. The van der Waals surface area contributed by atoms with Crippen LogP contribution in [0, 0.1) is 11.3 Å². The predicted molar refractivity (Wildman–Crippen MR) is 58.8 cm³/mol. The maximum Gasteiger partial charge on any atom is 0.310 e. The Bertz CT molecular complexity index is 240. The van der Waals surface area contributed by atoms with Gasteiger partial charge in [0.05, 0.1) is 5.41 Å². The summed E-state index contributed by atoms with van der Waals surface area (Å²) < 4.78 is 0. The molecule has 0 aromatic heterocycles. The lowest BCUT2D eigenvalue weighted by atomic mass is 9.73. The predicted octanol–water partition coefficient (Wildman–Crippen LogP) is 1.97. The molecule has 1 heterocycles. The molecule has 0 unspecified atom stereocenters. The van der Waals surface area contributed by atoms with E-state index in [4.69, 9.17) is 0 Å². The summed E-state index contributed by atoms with van der Waals surface area (Å²) in [4.78, 5) is 13.7. The SMILES string of the molecule is CC1CN(CC2(C(=O)O)CCCCC2)C1. The smallest absolute Gasteiger partial charge is 0.310 e. The lowest BCUT2D eigenvalue weighted by molar-refractivity contribution is -0.153. The van der Waals surface area contributed by atoms with Crippen LogP contribution in [0.2, 0.25) is 0 Å². The van der Waals surface area contributed by atoms with Gasteiger partial charge in [-0.15, -0.1) is 0 Å². The summed E-state index contributed by atoms with van der Waals surface area (Å²) in [6.07, 6.45) is 5.16. The van der Waals surface area contributed by atoms with Gasteiger partial charge in [-0.2, -0.15) is 0 Å². The summed E-state index contributed by atoms with van der Waals surface area (Å²) in [5.41, 5.74) is -0.418. The molecule has 1 saturated carbocycles. The highest BCUT2D eigenvalue weighted by atomic mass is 16.4. The van der Waals surface area contributed by atoms with Gasteiger partial charge < -0.3 is 10.0 Å². The number of aliphatic carboxylic acids is 1. The van der Waals surface area contributed by atoms with Crippen LogP contribution < -0.4 is 0 Å². The zero-order valence-electron chi connectivity index (χ0n) is 9.54. The first-order valence-electron chi connectivity index (χ1n) is 6.08. The zero-order valence-corrected chi connectivity index (χ0v) is 9.54. The second-order valence-electron chi connectivity index (χ2n) is 5.45. The Hall–Kier alpha value is -0.570. The Labute approximate surface area is 91.5 Å². The number of carboxylic acids is 1. The van der Waals surface area contributed by atoms with Crippen LogP contribution >= 0.6 is 0 Å². The van der Waals surface area contributed by atoms with Gasteiger partial charge in [-0.3, -0.25) is 4.79 Å². The van der Waals surface area contributed by atoms with Crippen LogP contribution in [0.1, 0.15) is 39.0 Å². The van der Waals surface area contributed by atoms with Crippen molar-refractivity contribution in [2.75, 3.05) is 19.6 Å². The summed E-state index contributed by atoms with van der Waals surface area (Å²) in [6, 6.07) is 0. The van der Waals surface area contributed by atoms with Crippen molar-refractivity contribution in [1.29, 1.82) is 0 Å². The highest BCUT2D eigenvalue weighted by Gasteiger charge is 2.42. The van der Waals surface area contributed by atoms with Gasteiger partial charge in [0.15, 0.2) is 0 Å². The first kappa shape index (κ1) is 10.9. The van der Waals surface area contributed by atoms with E-state index in [1.54, 1.807) is 0 Å². The fraction of sp³-hybridized carbons (Fsp3) is 0.917. The number of hydrogen-bond acceptors (Lipinski definition) is 2. The van der Waals surface area contributed by atoms with E-state index >= 15 is 0 Å². The molecule has 2 rings (SSSR count). The fourth-order valence-corrected chi connectivity index (χ4v) is 3.05. The van der Waals surface area contributed by atoms with Crippen LogP contribution in [0.3, 0.4) is 0 Å². The molecule has 0 radical (unpaired) electrons. The van der Waals surface area contributed by atoms with E-state index in [-0.39, 0.29) is 0 Å². The van der Waals surface area contributed by atoms with Crippen LogP contribution in [0.15, 0.2) is 0 Å². The summed E-state index contributed by atoms with van der Waals surface area (Å²) in [5, 5.41) is 9.40. The summed E-state index contributed by atoms with van der Waals surface area (Å²) >= 11 is 0. The first-order chi connectivity index (χ1) is 7.12. The molecule has 0 amide bonds. The van der Waals surface area contributed by atoms with Crippen LogP contribution in [0.4, 0.5) is 0 Å². The second kappa shape index (κ2) is 4.12. The molecule has 0 aromatic rings. The van der Waals surface area contributed by atoms with E-state index in [0.29, 0.717) is 0 Å². The minimum Gasteiger partial charge on any atom is -0.481 e. The minimum atomic E-state index is -0.568. The second-order valence-corrected chi connectivity index (χ2v) is 5.45. The minimum absolute atomic E-state index is 0.418. The molecule has 2 fully saturated rings. The van der Waals surface area contributed by atoms with Crippen LogP contribution in [0.5, 0.6) is 0 Å². The Morgan fingerprint density at radius 1 is 1.33 bits per heavy atom. The van der Waals surface area contributed by atoms with Gasteiger partial charge in [-0.05, 0) is 18.8 Å². The lowest BCUT2D eigenvalue weighted by Gasteiger charge is -2.44. The molecule has 0 bridgehead atoms. The van der Waals surface area contributed by atoms with E-state index in [0.717, 1.165) is 51.2 Å². The third-order valence-corrected chi connectivity index (χ3v) is 3.93. The molecule has 0 atom stereocenters. The zero-order chi connectivity index (χ0) is 10.9. The van der Waals surface area contributed by atoms with E-state index in [9.17, 15) is 9.90 Å². The molecule has 3 heteroatoms. The Morgan fingerprint density at radius 2 is 1.93 bits per heavy atom. The van der Waals surface area contributed by atoms with Crippen molar-refractivity contribution in [3.8, 4) is 0 Å². The van der Waals surface area contributed by atoms with Crippen LogP contribution in [-0.4, -0.2) is 35.6 Å². The van der Waals surface area contributed by atoms with Crippen molar-refractivity contribution in [2.45, 2.75) is 39.0 Å². The molecule has 15 heavy (non-hydrogen) atoms. The fourth-order valence-electron chi connectivity index (χ4n) is 3.05. The maximum atomic E-state index is 11.4. The topological polar surface area (TPSA) is 40.5 Å². The first-order valence-corrected chi connectivity index (χ1v) is 6.08. The molecule has 1 aliphatic heterocycles. The van der Waals surface area contributed by atoms with Gasteiger partial charge in [0.1, 0.15) is 0 Å². The number of rotatable bonds is 3. The highest BCUT2D eigenvalue weighted by molar-refractivity contribution is 5.75. The van der Waals surface area contributed by atoms with E-state index in [2.05, 4.69) is 11.8 Å². The standard InChI is InChI=1S/C12H21NO2/c1-10-7-13(8-10)9-12(11(14)15)5-3-2-4-6-12/h10H,2-9H2,1H3,(H,14,15). The van der Waals surface area contributed by atoms with Gasteiger partial charge in [0.25, 0.3) is 0 Å². The van der Waals surface area contributed by atoms with Gasteiger partial charge in [-0.25, -0.2) is 0 Å². The molecular formula is C12H21NO2. The van der Waals surface area contributed by atoms with Gasteiger partial charge >= 0.3 is 5.97 Å². The summed E-state index contributed by atoms with van der Waals surface area (Å²) in [6.45, 7) is 5.20. The Kier molecular flexibility index (Phi) is 3.01. The monoisotopic (exact) mass is 211 g/mol. The van der Waals surface area contributed by atoms with E-state index in [1.807, 2.05) is 0 Å². The quantitative estimate of drug-likeness (QED) is 0.776. The summed E-state index contributed by atoms with van der Waals surface area (Å²) in [7, 11) is 0. The molecular weight excluding hydrogens is 190 g/mol. The number of likely N-dealkylation sites (tertiary alicyclic amines) is 1. The Balaban J connectivity index is 1.96. The van der Waals surface area contributed by atoms with Crippen molar-refractivity contribution in [2.24, 2.45) is 11.3 Å². The lowest BCUT2D eigenvalue weighted by Crippen LogP contribution is -2.53. The number of carbonyl (C=O) groups is 1. The normalized spacial score (nSPS) is 27.3. The molecule has 1 N–H and O–H groups in total. The van der Waals surface area contributed by atoms with Gasteiger partial charge in [-0.1, -0.05) is 26.2 Å². The van der Waals surface area contributed by atoms with Crippen molar-refractivity contribution in [3.63, 3.8) is 0 Å².